The number of H-pyrrole nitrogens is 1. The Labute approximate surface area is 113 Å². The van der Waals surface area contributed by atoms with Crippen molar-refractivity contribution in [2.75, 3.05) is 5.73 Å². The van der Waals surface area contributed by atoms with Crippen molar-refractivity contribution in [3.8, 4) is 5.75 Å². The van der Waals surface area contributed by atoms with Crippen molar-refractivity contribution in [2.45, 2.75) is 0 Å². The van der Waals surface area contributed by atoms with Crippen LogP contribution in [0.4, 0.5) is 5.69 Å². The second kappa shape index (κ2) is 5.27. The summed E-state index contributed by atoms with van der Waals surface area (Å²) in [7, 11) is 0. The van der Waals surface area contributed by atoms with E-state index < -0.39 is 23.1 Å². The zero-order valence-electron chi connectivity index (χ0n) is 10.2. The summed E-state index contributed by atoms with van der Waals surface area (Å²) >= 11 is 0. The van der Waals surface area contributed by atoms with Gasteiger partial charge in [0.25, 0.3) is 17.4 Å². The number of hydrogen-bond acceptors (Lipinski definition) is 5. The van der Waals surface area contributed by atoms with Crippen LogP contribution in [0, 0.1) is 0 Å². The lowest BCUT2D eigenvalue weighted by molar-refractivity contribution is 0.0848. The first-order valence-electron chi connectivity index (χ1n) is 5.60. The Morgan fingerprint density at radius 3 is 2.40 bits per heavy atom. The number of anilines is 1. The van der Waals surface area contributed by atoms with Gasteiger partial charge in [-0.25, -0.2) is 0 Å². The molecule has 1 heterocycles. The second-order valence-corrected chi connectivity index (χ2v) is 4.00. The number of carbonyl (C=O) groups is 2. The molecule has 0 unspecified atom stereocenters. The van der Waals surface area contributed by atoms with Crippen LogP contribution in [0.25, 0.3) is 0 Å². The molecule has 0 aliphatic carbocycles. The van der Waals surface area contributed by atoms with Crippen LogP contribution in [0.15, 0.2) is 41.3 Å². The lowest BCUT2D eigenvalue weighted by Crippen LogP contribution is -2.31. The highest BCUT2D eigenvalue weighted by molar-refractivity contribution is 6.11. The highest BCUT2D eigenvalue weighted by Gasteiger charge is 2.15. The number of aromatic amines is 1. The van der Waals surface area contributed by atoms with Crippen molar-refractivity contribution in [3.63, 3.8) is 0 Å². The van der Waals surface area contributed by atoms with Gasteiger partial charge in [-0.1, -0.05) is 0 Å². The third-order valence-electron chi connectivity index (χ3n) is 2.55. The number of benzene rings is 1. The summed E-state index contributed by atoms with van der Waals surface area (Å²) in [5, 5.41) is 11.6. The molecule has 20 heavy (non-hydrogen) atoms. The van der Waals surface area contributed by atoms with E-state index in [0.29, 0.717) is 5.69 Å². The standard InChI is InChI=1S/C13H11N3O4/c14-8-3-1-7(2-4-8)12(19)16-13(20)9-6-15-11(18)5-10(9)17/h1-6H,14H2,(H2,15,17,18)(H,16,19,20). The minimum absolute atomic E-state index is 0.201. The van der Waals surface area contributed by atoms with Crippen LogP contribution in [0.3, 0.4) is 0 Å². The molecule has 0 bridgehead atoms. The maximum absolute atomic E-state index is 11.8. The fraction of sp³-hybridized carbons (Fsp3) is 0. The number of hydrogen-bond donors (Lipinski definition) is 4. The van der Waals surface area contributed by atoms with Crippen molar-refractivity contribution < 1.29 is 14.7 Å². The zero-order valence-corrected chi connectivity index (χ0v) is 10.2. The topological polar surface area (TPSA) is 125 Å². The van der Waals surface area contributed by atoms with E-state index in [1.54, 1.807) is 0 Å². The summed E-state index contributed by atoms with van der Waals surface area (Å²) in [6, 6.07) is 6.83. The molecule has 2 amide bonds. The van der Waals surface area contributed by atoms with Gasteiger partial charge < -0.3 is 15.8 Å². The van der Waals surface area contributed by atoms with E-state index in [2.05, 4.69) is 10.3 Å². The van der Waals surface area contributed by atoms with E-state index in [-0.39, 0.29) is 11.1 Å². The third kappa shape index (κ3) is 2.83. The zero-order chi connectivity index (χ0) is 14.7. The average molecular weight is 273 g/mol. The van der Waals surface area contributed by atoms with E-state index in [0.717, 1.165) is 12.3 Å². The highest BCUT2D eigenvalue weighted by atomic mass is 16.3. The van der Waals surface area contributed by atoms with Crippen molar-refractivity contribution in [3.05, 3.63) is 58.0 Å². The number of rotatable bonds is 2. The second-order valence-electron chi connectivity index (χ2n) is 4.00. The Bertz CT molecular complexity index is 719. The van der Waals surface area contributed by atoms with E-state index in [1.165, 1.54) is 24.3 Å². The molecule has 7 heteroatoms. The number of aromatic hydroxyl groups is 1. The molecule has 0 radical (unpaired) electrons. The molecule has 0 saturated heterocycles. The van der Waals surface area contributed by atoms with E-state index in [9.17, 15) is 19.5 Å². The smallest absolute Gasteiger partial charge is 0.263 e. The molecule has 0 aliphatic rings. The summed E-state index contributed by atoms with van der Waals surface area (Å²) in [5.74, 6) is -1.96. The van der Waals surface area contributed by atoms with Crippen LogP contribution in [0.1, 0.15) is 20.7 Å². The summed E-state index contributed by atoms with van der Waals surface area (Å²) < 4.78 is 0. The number of nitrogens with two attached hydrogens (primary N) is 1. The summed E-state index contributed by atoms with van der Waals surface area (Å²) in [4.78, 5) is 36.7. The van der Waals surface area contributed by atoms with Gasteiger partial charge in [-0.3, -0.25) is 19.7 Å². The molecule has 5 N–H and O–H groups in total. The SMILES string of the molecule is Nc1ccc(C(=O)NC(=O)c2c[nH]c(=O)cc2O)cc1. The largest absolute Gasteiger partial charge is 0.507 e. The summed E-state index contributed by atoms with van der Waals surface area (Å²) in [5.41, 5.74) is 5.47. The Morgan fingerprint density at radius 2 is 1.80 bits per heavy atom. The van der Waals surface area contributed by atoms with Gasteiger partial charge in [-0.05, 0) is 24.3 Å². The quantitative estimate of drug-likeness (QED) is 0.460. The van der Waals surface area contributed by atoms with Crippen LogP contribution in [-0.2, 0) is 0 Å². The van der Waals surface area contributed by atoms with E-state index in [4.69, 9.17) is 5.73 Å². The van der Waals surface area contributed by atoms with Gasteiger partial charge in [0.2, 0.25) is 0 Å². The molecular formula is C13H11N3O4. The Hall–Kier alpha value is -3.09. The van der Waals surface area contributed by atoms with Crippen molar-refractivity contribution >= 4 is 17.5 Å². The number of pyridine rings is 1. The van der Waals surface area contributed by atoms with Crippen LogP contribution < -0.4 is 16.6 Å². The summed E-state index contributed by atoms with van der Waals surface area (Å²) in [6.07, 6.45) is 1.03. The molecule has 0 fully saturated rings. The number of nitrogens with one attached hydrogen (secondary N) is 2. The lowest BCUT2D eigenvalue weighted by Gasteiger charge is -2.05. The molecule has 0 saturated carbocycles. The lowest BCUT2D eigenvalue weighted by atomic mass is 10.2. The monoisotopic (exact) mass is 273 g/mol. The predicted octanol–water partition coefficient (Wildman–Crippen LogP) is 0.233. The van der Waals surface area contributed by atoms with Crippen LogP contribution in [0.5, 0.6) is 5.75 Å². The summed E-state index contributed by atoms with van der Waals surface area (Å²) in [6.45, 7) is 0. The third-order valence-corrected chi connectivity index (χ3v) is 2.55. The van der Waals surface area contributed by atoms with Crippen LogP contribution >= 0.6 is 0 Å². The normalized spacial score (nSPS) is 10.0. The molecule has 2 aromatic rings. The fourth-order valence-electron chi connectivity index (χ4n) is 1.52. The predicted molar refractivity (Wildman–Crippen MR) is 71.4 cm³/mol. The van der Waals surface area contributed by atoms with Gasteiger partial charge in [0.05, 0.1) is 5.56 Å². The Balaban J connectivity index is 2.17. The minimum atomic E-state index is -0.819. The van der Waals surface area contributed by atoms with Gasteiger partial charge in [-0.15, -0.1) is 0 Å². The molecule has 0 spiro atoms. The fourth-order valence-corrected chi connectivity index (χ4v) is 1.52. The molecule has 0 aliphatic heterocycles. The average Bonchev–Trinajstić information content (AvgIpc) is 2.39. The Kier molecular flexibility index (Phi) is 3.52. The van der Waals surface area contributed by atoms with Gasteiger partial charge in [0.1, 0.15) is 5.75 Å². The van der Waals surface area contributed by atoms with Crippen molar-refractivity contribution in [1.82, 2.24) is 10.3 Å². The molecule has 7 nitrogen and oxygen atoms in total. The molecule has 1 aromatic carbocycles. The number of amides is 2. The maximum atomic E-state index is 11.8. The first kappa shape index (κ1) is 13.3. The van der Waals surface area contributed by atoms with Gasteiger partial charge in [0.15, 0.2) is 0 Å². The Morgan fingerprint density at radius 1 is 1.15 bits per heavy atom. The highest BCUT2D eigenvalue weighted by Crippen LogP contribution is 2.12. The maximum Gasteiger partial charge on any atom is 0.263 e. The molecule has 1 aromatic heterocycles. The van der Waals surface area contributed by atoms with Crippen LogP contribution in [-0.4, -0.2) is 21.9 Å². The van der Waals surface area contributed by atoms with Crippen LogP contribution in [0.2, 0.25) is 0 Å². The van der Waals surface area contributed by atoms with E-state index >= 15 is 0 Å². The van der Waals surface area contributed by atoms with Gasteiger partial charge >= 0.3 is 0 Å². The first-order chi connectivity index (χ1) is 9.47. The van der Waals surface area contributed by atoms with Crippen molar-refractivity contribution in [1.29, 1.82) is 0 Å². The number of carbonyl (C=O) groups excluding carboxylic acids is 2. The molecule has 102 valence electrons. The van der Waals surface area contributed by atoms with Gasteiger partial charge in [-0.2, -0.15) is 0 Å². The molecular weight excluding hydrogens is 262 g/mol. The number of aromatic nitrogens is 1. The number of nitrogen functional groups attached to an aromatic ring is 1. The number of imide groups is 1. The van der Waals surface area contributed by atoms with Crippen molar-refractivity contribution in [2.24, 2.45) is 0 Å². The first-order valence-corrected chi connectivity index (χ1v) is 5.60. The van der Waals surface area contributed by atoms with E-state index in [1.807, 2.05) is 0 Å². The minimum Gasteiger partial charge on any atom is -0.507 e. The molecule has 0 atom stereocenters. The molecule has 2 rings (SSSR count). The van der Waals surface area contributed by atoms with Gasteiger partial charge in [0, 0.05) is 23.5 Å².